The Kier molecular flexibility index (Phi) is 5.41. The summed E-state index contributed by atoms with van der Waals surface area (Å²) in [6.45, 7) is 0.273. The van der Waals surface area contributed by atoms with Gasteiger partial charge in [-0.1, -0.05) is 30.3 Å². The maximum atomic E-state index is 12.1. The van der Waals surface area contributed by atoms with Crippen molar-refractivity contribution in [1.82, 2.24) is 4.90 Å². The van der Waals surface area contributed by atoms with Gasteiger partial charge in [-0.05, 0) is 24.8 Å². The topological polar surface area (TPSA) is 46.6 Å². The number of benzene rings is 1. The Balaban J connectivity index is 1.97. The van der Waals surface area contributed by atoms with Gasteiger partial charge >= 0.3 is 6.09 Å². The van der Waals surface area contributed by atoms with Crippen LogP contribution in [0.15, 0.2) is 30.3 Å². The van der Waals surface area contributed by atoms with E-state index in [4.69, 9.17) is 16.3 Å². The first-order valence-electron chi connectivity index (χ1n) is 6.81. The minimum absolute atomic E-state index is 0.168. The van der Waals surface area contributed by atoms with E-state index < -0.39 is 6.09 Å². The second kappa shape index (κ2) is 7.29. The zero-order chi connectivity index (χ0) is 14.4. The minimum Gasteiger partial charge on any atom is -0.447 e. The Hall–Kier alpha value is -1.55. The molecule has 0 radical (unpaired) electrons. The molecule has 1 aromatic rings. The maximum Gasteiger partial charge on any atom is 0.416 e. The molecule has 5 heteroatoms. The fraction of sp³-hybridized carbons (Fsp3) is 0.467. The molecule has 20 heavy (non-hydrogen) atoms. The molecule has 4 nitrogen and oxygen atoms in total. The molecule has 0 spiro atoms. The van der Waals surface area contributed by atoms with Crippen molar-refractivity contribution in [3.8, 4) is 0 Å². The van der Waals surface area contributed by atoms with E-state index in [1.807, 2.05) is 30.3 Å². The van der Waals surface area contributed by atoms with Crippen LogP contribution in [-0.4, -0.2) is 35.4 Å². The van der Waals surface area contributed by atoms with Gasteiger partial charge in [-0.2, -0.15) is 0 Å². The number of carbonyl (C=O) groups is 2. The molecule has 2 amide bonds. The molecule has 0 bridgehead atoms. The first-order valence-corrected chi connectivity index (χ1v) is 7.34. The van der Waals surface area contributed by atoms with Crippen molar-refractivity contribution in [2.75, 3.05) is 12.5 Å². The number of nitrogens with zero attached hydrogens (tertiary/aromatic N) is 1. The van der Waals surface area contributed by atoms with Gasteiger partial charge in [0.2, 0.25) is 5.91 Å². The number of alkyl halides is 1. The Morgan fingerprint density at radius 2 is 2.05 bits per heavy atom. The van der Waals surface area contributed by atoms with Gasteiger partial charge in [0.05, 0.1) is 6.04 Å². The molecular weight excluding hydrogens is 278 g/mol. The number of unbranched alkanes of at least 4 members (excludes halogenated alkanes) is 1. The highest BCUT2D eigenvalue weighted by Gasteiger charge is 2.37. The number of cyclic esters (lactones) is 1. The van der Waals surface area contributed by atoms with Crippen LogP contribution < -0.4 is 0 Å². The van der Waals surface area contributed by atoms with E-state index in [1.54, 1.807) is 0 Å². The number of halogens is 1. The highest BCUT2D eigenvalue weighted by atomic mass is 35.5. The summed E-state index contributed by atoms with van der Waals surface area (Å²) in [4.78, 5) is 25.1. The Bertz CT molecular complexity index is 463. The predicted octanol–water partition coefficient (Wildman–Crippen LogP) is 2.99. The summed E-state index contributed by atoms with van der Waals surface area (Å²) in [7, 11) is 0. The standard InChI is InChI=1S/C15H18ClNO3/c16-9-5-4-8-14(18)17-13(11-20-15(17)19)10-12-6-2-1-3-7-12/h1-3,6-7,13H,4-5,8-11H2. The lowest BCUT2D eigenvalue weighted by Crippen LogP contribution is -2.40. The van der Waals surface area contributed by atoms with Crippen molar-refractivity contribution in [1.29, 1.82) is 0 Å². The normalized spacial score (nSPS) is 18.1. The van der Waals surface area contributed by atoms with Crippen LogP contribution in [0.1, 0.15) is 24.8 Å². The van der Waals surface area contributed by atoms with Gasteiger partial charge in [-0.15, -0.1) is 11.6 Å². The first-order chi connectivity index (χ1) is 9.72. The number of imide groups is 1. The smallest absolute Gasteiger partial charge is 0.416 e. The summed E-state index contributed by atoms with van der Waals surface area (Å²) in [6, 6.07) is 9.60. The molecule has 0 saturated carbocycles. The van der Waals surface area contributed by atoms with E-state index >= 15 is 0 Å². The second-order valence-electron chi connectivity index (χ2n) is 4.83. The van der Waals surface area contributed by atoms with Crippen LogP contribution in [-0.2, 0) is 16.0 Å². The molecule has 1 aromatic carbocycles. The van der Waals surface area contributed by atoms with E-state index in [0.717, 1.165) is 12.0 Å². The fourth-order valence-corrected chi connectivity index (χ4v) is 2.48. The number of amides is 2. The lowest BCUT2D eigenvalue weighted by atomic mass is 10.1. The molecular formula is C15H18ClNO3. The lowest BCUT2D eigenvalue weighted by molar-refractivity contribution is -0.129. The molecule has 1 fully saturated rings. The van der Waals surface area contributed by atoms with Crippen molar-refractivity contribution in [3.63, 3.8) is 0 Å². The van der Waals surface area contributed by atoms with Crippen LogP contribution in [0.4, 0.5) is 4.79 Å². The summed E-state index contributed by atoms with van der Waals surface area (Å²) in [5.41, 5.74) is 1.09. The average Bonchev–Trinajstić information content (AvgIpc) is 2.81. The van der Waals surface area contributed by atoms with Crippen molar-refractivity contribution in [3.05, 3.63) is 35.9 Å². The highest BCUT2D eigenvalue weighted by molar-refractivity contribution is 6.17. The van der Waals surface area contributed by atoms with E-state index in [2.05, 4.69) is 0 Å². The molecule has 1 atom stereocenters. The molecule has 1 unspecified atom stereocenters. The van der Waals surface area contributed by atoms with Crippen LogP contribution in [0.2, 0.25) is 0 Å². The third-order valence-corrected chi connectivity index (χ3v) is 3.59. The molecule has 1 aliphatic heterocycles. The van der Waals surface area contributed by atoms with E-state index in [0.29, 0.717) is 25.1 Å². The van der Waals surface area contributed by atoms with Gasteiger partial charge in [0.1, 0.15) is 6.61 Å². The van der Waals surface area contributed by atoms with Crippen molar-refractivity contribution >= 4 is 23.6 Å². The van der Waals surface area contributed by atoms with Crippen LogP contribution in [0.25, 0.3) is 0 Å². The van der Waals surface area contributed by atoms with Crippen molar-refractivity contribution < 1.29 is 14.3 Å². The van der Waals surface area contributed by atoms with Crippen molar-refractivity contribution in [2.45, 2.75) is 31.7 Å². The fourth-order valence-electron chi connectivity index (χ4n) is 2.29. The average molecular weight is 296 g/mol. The molecule has 2 rings (SSSR count). The number of rotatable bonds is 6. The summed E-state index contributed by atoms with van der Waals surface area (Å²) >= 11 is 5.59. The van der Waals surface area contributed by atoms with Gasteiger partial charge < -0.3 is 4.74 Å². The molecule has 0 aliphatic carbocycles. The second-order valence-corrected chi connectivity index (χ2v) is 5.21. The van der Waals surface area contributed by atoms with Crippen molar-refractivity contribution in [2.24, 2.45) is 0 Å². The Morgan fingerprint density at radius 1 is 1.30 bits per heavy atom. The number of hydrogen-bond acceptors (Lipinski definition) is 3. The monoisotopic (exact) mass is 295 g/mol. The van der Waals surface area contributed by atoms with Crippen LogP contribution in [0.5, 0.6) is 0 Å². The lowest BCUT2D eigenvalue weighted by Gasteiger charge is -2.19. The van der Waals surface area contributed by atoms with Gasteiger partial charge in [-0.3, -0.25) is 4.79 Å². The predicted molar refractivity (Wildman–Crippen MR) is 76.7 cm³/mol. The van der Waals surface area contributed by atoms with Gasteiger partial charge in [0, 0.05) is 12.3 Å². The third kappa shape index (κ3) is 3.73. The Labute approximate surface area is 123 Å². The molecule has 1 saturated heterocycles. The zero-order valence-corrected chi connectivity index (χ0v) is 12.0. The SMILES string of the molecule is O=C(CCCCCl)N1C(=O)OCC1Cc1ccccc1. The van der Waals surface area contributed by atoms with Crippen LogP contribution >= 0.6 is 11.6 Å². The largest absolute Gasteiger partial charge is 0.447 e. The molecule has 108 valence electrons. The maximum absolute atomic E-state index is 12.1. The number of ether oxygens (including phenoxy) is 1. The molecule has 0 aromatic heterocycles. The van der Waals surface area contributed by atoms with Gasteiger partial charge in [0.15, 0.2) is 0 Å². The quantitative estimate of drug-likeness (QED) is 0.599. The van der Waals surface area contributed by atoms with Crippen LogP contribution in [0.3, 0.4) is 0 Å². The first kappa shape index (κ1) is 14.9. The van der Waals surface area contributed by atoms with E-state index in [9.17, 15) is 9.59 Å². The van der Waals surface area contributed by atoms with Gasteiger partial charge in [0.25, 0.3) is 0 Å². The summed E-state index contributed by atoms with van der Waals surface area (Å²) in [5, 5.41) is 0. The number of carbonyl (C=O) groups excluding carboxylic acids is 2. The molecule has 1 heterocycles. The van der Waals surface area contributed by atoms with E-state index in [-0.39, 0.29) is 18.6 Å². The van der Waals surface area contributed by atoms with E-state index in [1.165, 1.54) is 4.90 Å². The third-order valence-electron chi connectivity index (χ3n) is 3.32. The molecule has 0 N–H and O–H groups in total. The summed E-state index contributed by atoms with van der Waals surface area (Å²) < 4.78 is 5.02. The zero-order valence-electron chi connectivity index (χ0n) is 11.3. The Morgan fingerprint density at radius 3 is 2.75 bits per heavy atom. The summed E-state index contributed by atoms with van der Waals surface area (Å²) in [6.07, 6.45) is 1.92. The minimum atomic E-state index is -0.526. The van der Waals surface area contributed by atoms with Crippen LogP contribution in [0, 0.1) is 0 Å². The van der Waals surface area contributed by atoms with Gasteiger partial charge in [-0.25, -0.2) is 9.69 Å². The highest BCUT2D eigenvalue weighted by Crippen LogP contribution is 2.19. The number of hydrogen-bond donors (Lipinski definition) is 0. The summed E-state index contributed by atoms with van der Waals surface area (Å²) in [5.74, 6) is 0.365. The molecule has 1 aliphatic rings.